The lowest BCUT2D eigenvalue weighted by molar-refractivity contribution is -0.935. The largest absolute Gasteiger partial charge is 0.463 e. The van der Waals surface area contributed by atoms with Gasteiger partial charge in [-0.15, -0.1) is 0 Å². The molecule has 2 heterocycles. The first-order valence-corrected chi connectivity index (χ1v) is 8.49. The van der Waals surface area contributed by atoms with E-state index >= 15 is 0 Å². The first-order chi connectivity index (χ1) is 12.2. The summed E-state index contributed by atoms with van der Waals surface area (Å²) < 4.78 is 5.63. The predicted octanol–water partition coefficient (Wildman–Crippen LogP) is 2.28. The van der Waals surface area contributed by atoms with E-state index < -0.39 is 4.92 Å². The number of benzene rings is 1. The van der Waals surface area contributed by atoms with E-state index in [1.165, 1.54) is 36.3 Å². The summed E-state index contributed by atoms with van der Waals surface area (Å²) in [5, 5.41) is 23.4. The van der Waals surface area contributed by atoms with Gasteiger partial charge < -0.3 is 14.6 Å². The van der Waals surface area contributed by atoms with E-state index in [0.717, 1.165) is 18.8 Å². The van der Waals surface area contributed by atoms with Crippen molar-refractivity contribution in [2.45, 2.75) is 25.3 Å². The molecule has 0 unspecified atom stereocenters. The molecule has 7 nitrogen and oxygen atoms in total. The zero-order chi connectivity index (χ0) is 17.6. The van der Waals surface area contributed by atoms with Crippen molar-refractivity contribution in [3.8, 4) is 6.07 Å². The summed E-state index contributed by atoms with van der Waals surface area (Å²) in [6.45, 7) is 2.80. The first kappa shape index (κ1) is 17.0. The molecule has 1 aliphatic rings. The first-order valence-electron chi connectivity index (χ1n) is 8.49. The van der Waals surface area contributed by atoms with Crippen LogP contribution in [0.4, 0.5) is 11.4 Å². The number of furan rings is 1. The van der Waals surface area contributed by atoms with Crippen LogP contribution in [-0.2, 0) is 0 Å². The van der Waals surface area contributed by atoms with Crippen LogP contribution in [0, 0.1) is 21.4 Å². The lowest BCUT2D eigenvalue weighted by atomic mass is 10.1. The van der Waals surface area contributed by atoms with Crippen LogP contribution >= 0.6 is 0 Å². The van der Waals surface area contributed by atoms with Crippen LogP contribution in [0.15, 0.2) is 41.0 Å². The van der Waals surface area contributed by atoms with Crippen molar-refractivity contribution in [2.24, 2.45) is 0 Å². The van der Waals surface area contributed by atoms with Gasteiger partial charge in [0.1, 0.15) is 6.07 Å². The van der Waals surface area contributed by atoms with Crippen LogP contribution < -0.4 is 10.2 Å². The number of hydrogen-bond acceptors (Lipinski definition) is 5. The molecule has 1 aliphatic heterocycles. The highest BCUT2D eigenvalue weighted by molar-refractivity contribution is 5.61. The molecule has 3 rings (SSSR count). The molecule has 0 radical (unpaired) electrons. The van der Waals surface area contributed by atoms with Crippen molar-refractivity contribution in [2.75, 3.05) is 25.0 Å². The minimum atomic E-state index is -0.492. The number of hydrogen-bond donors (Lipinski definition) is 2. The summed E-state index contributed by atoms with van der Waals surface area (Å²) in [5.41, 5.74) is 0.813. The topological polar surface area (TPSA) is 96.5 Å². The van der Waals surface area contributed by atoms with Gasteiger partial charge in [0.15, 0.2) is 11.8 Å². The smallest absolute Gasteiger partial charge is 0.270 e. The normalized spacial score (nSPS) is 16.1. The molecular formula is C18H21N4O3+. The average molecular weight is 341 g/mol. The Morgan fingerprint density at radius 2 is 2.12 bits per heavy atom. The second kappa shape index (κ2) is 7.81. The second-order valence-electron chi connectivity index (χ2n) is 6.27. The molecule has 0 aliphatic carbocycles. The molecule has 1 saturated heterocycles. The van der Waals surface area contributed by atoms with Crippen molar-refractivity contribution in [3.05, 3.63) is 58.0 Å². The summed E-state index contributed by atoms with van der Waals surface area (Å²) >= 11 is 0. The van der Waals surface area contributed by atoms with Gasteiger partial charge in [-0.05, 0) is 37.5 Å². The van der Waals surface area contributed by atoms with E-state index in [9.17, 15) is 15.4 Å². The van der Waals surface area contributed by atoms with Gasteiger partial charge in [0.05, 0.1) is 42.1 Å². The summed E-state index contributed by atoms with van der Waals surface area (Å²) in [6.07, 6.45) is 5.35. The Morgan fingerprint density at radius 1 is 1.32 bits per heavy atom. The lowest BCUT2D eigenvalue weighted by Gasteiger charge is -2.30. The van der Waals surface area contributed by atoms with Crippen LogP contribution in [0.2, 0.25) is 0 Å². The van der Waals surface area contributed by atoms with Crippen LogP contribution in [0.25, 0.3) is 0 Å². The fourth-order valence-electron chi connectivity index (χ4n) is 3.39. The number of anilines is 1. The molecule has 2 N–H and O–H groups in total. The maximum atomic E-state index is 10.9. The van der Waals surface area contributed by atoms with Crippen LogP contribution in [-0.4, -0.2) is 24.6 Å². The van der Waals surface area contributed by atoms with Crippen molar-refractivity contribution in [1.29, 1.82) is 5.26 Å². The van der Waals surface area contributed by atoms with E-state index in [1.807, 2.05) is 18.2 Å². The second-order valence-corrected chi connectivity index (χ2v) is 6.27. The van der Waals surface area contributed by atoms with Crippen molar-refractivity contribution in [3.63, 3.8) is 0 Å². The number of likely N-dealkylation sites (tertiary alicyclic amines) is 1. The Morgan fingerprint density at radius 3 is 2.76 bits per heavy atom. The van der Waals surface area contributed by atoms with Gasteiger partial charge in [-0.2, -0.15) is 5.26 Å². The summed E-state index contributed by atoms with van der Waals surface area (Å²) in [7, 11) is 0. The number of nitriles is 1. The molecule has 0 saturated carbocycles. The summed E-state index contributed by atoms with van der Waals surface area (Å²) in [4.78, 5) is 11.8. The van der Waals surface area contributed by atoms with Crippen LogP contribution in [0.5, 0.6) is 0 Å². The van der Waals surface area contributed by atoms with Gasteiger partial charge in [0.2, 0.25) is 0 Å². The summed E-state index contributed by atoms with van der Waals surface area (Å²) in [6, 6.07) is 10.4. The molecule has 2 aromatic rings. The third-order valence-corrected chi connectivity index (χ3v) is 4.71. The van der Waals surface area contributed by atoms with Gasteiger partial charge >= 0.3 is 0 Å². The molecular weight excluding hydrogens is 320 g/mol. The number of nitro benzene ring substituents is 1. The highest BCUT2D eigenvalue weighted by Gasteiger charge is 2.28. The van der Waals surface area contributed by atoms with Gasteiger partial charge in [0, 0.05) is 12.1 Å². The van der Waals surface area contributed by atoms with Crippen molar-refractivity contribution < 1.29 is 14.2 Å². The molecule has 0 spiro atoms. The molecule has 130 valence electrons. The highest BCUT2D eigenvalue weighted by atomic mass is 16.6. The van der Waals surface area contributed by atoms with Crippen molar-refractivity contribution in [1.82, 2.24) is 0 Å². The quantitative estimate of drug-likeness (QED) is 0.621. The van der Waals surface area contributed by atoms with E-state index in [1.54, 1.807) is 12.3 Å². The minimum absolute atomic E-state index is 0.0775. The molecule has 0 amide bonds. The minimum Gasteiger partial charge on any atom is -0.463 e. The molecule has 7 heteroatoms. The fraction of sp³-hybridized carbons (Fsp3) is 0.389. The monoisotopic (exact) mass is 341 g/mol. The van der Waals surface area contributed by atoms with Gasteiger partial charge in [-0.25, -0.2) is 0 Å². The standard InChI is InChI=1S/C18H20N4O3/c19-12-14-11-15(22(23)24)6-7-16(14)20-13-17(18-5-4-10-25-18)21-8-2-1-3-9-21/h4-7,10-11,17,20H,1-3,8-9,13H2/p+1/t17-/m0/s1. The van der Waals surface area contributed by atoms with E-state index in [-0.39, 0.29) is 17.3 Å². The third kappa shape index (κ3) is 3.98. The van der Waals surface area contributed by atoms with E-state index in [2.05, 4.69) is 5.32 Å². The van der Waals surface area contributed by atoms with Gasteiger partial charge in [-0.1, -0.05) is 0 Å². The Bertz CT molecular complexity index is 761. The Kier molecular flexibility index (Phi) is 5.31. The van der Waals surface area contributed by atoms with E-state index in [0.29, 0.717) is 12.2 Å². The van der Waals surface area contributed by atoms with Crippen LogP contribution in [0.3, 0.4) is 0 Å². The number of nitrogens with zero attached hydrogens (tertiary/aromatic N) is 2. The zero-order valence-corrected chi connectivity index (χ0v) is 13.9. The SMILES string of the molecule is N#Cc1cc([N+](=O)[O-])ccc1NC[C@@H](c1ccco1)[NH+]1CCCCC1. The molecule has 25 heavy (non-hydrogen) atoms. The summed E-state index contributed by atoms with van der Waals surface area (Å²) in [5.74, 6) is 0.921. The molecule has 1 aromatic heterocycles. The maximum Gasteiger partial charge on any atom is 0.270 e. The third-order valence-electron chi connectivity index (χ3n) is 4.71. The number of nitrogens with one attached hydrogen (secondary N) is 2. The Labute approximate surface area is 146 Å². The number of nitro groups is 1. The molecule has 1 atom stereocenters. The zero-order valence-electron chi connectivity index (χ0n) is 13.9. The lowest BCUT2D eigenvalue weighted by Crippen LogP contribution is -3.13. The average Bonchev–Trinajstić information content (AvgIpc) is 3.17. The predicted molar refractivity (Wildman–Crippen MR) is 92.3 cm³/mol. The maximum absolute atomic E-state index is 10.9. The molecule has 1 aromatic carbocycles. The van der Waals surface area contributed by atoms with Crippen molar-refractivity contribution >= 4 is 11.4 Å². The molecule has 1 fully saturated rings. The van der Waals surface area contributed by atoms with E-state index in [4.69, 9.17) is 4.42 Å². The Hall–Kier alpha value is -2.85. The number of quaternary nitrogens is 1. The highest BCUT2D eigenvalue weighted by Crippen LogP contribution is 2.22. The number of rotatable bonds is 6. The van der Waals surface area contributed by atoms with Gasteiger partial charge in [0.25, 0.3) is 5.69 Å². The fourth-order valence-corrected chi connectivity index (χ4v) is 3.39. The number of non-ortho nitro benzene ring substituents is 1. The molecule has 0 bridgehead atoms. The van der Waals surface area contributed by atoms with Crippen LogP contribution in [0.1, 0.15) is 36.6 Å². The Balaban J connectivity index is 1.77. The number of piperidine rings is 1. The van der Waals surface area contributed by atoms with Gasteiger partial charge in [-0.3, -0.25) is 10.1 Å².